The minimum absolute atomic E-state index is 0.195. The lowest BCUT2D eigenvalue weighted by molar-refractivity contribution is -0.136. The number of likely N-dealkylation sites (N-methyl/N-ethyl adjacent to an activating group) is 1. The fourth-order valence-corrected chi connectivity index (χ4v) is 6.32. The van der Waals surface area contributed by atoms with Crippen LogP contribution in [0.3, 0.4) is 0 Å². The van der Waals surface area contributed by atoms with Gasteiger partial charge in [-0.3, -0.25) is 19.3 Å². The third kappa shape index (κ3) is 2.29. The number of rotatable bonds is 2. The van der Waals surface area contributed by atoms with Crippen LogP contribution in [-0.2, 0) is 20.5 Å². The topological polar surface area (TPSA) is 78.5 Å². The number of carbonyl (C=O) groups is 3. The molecule has 1 fully saturated rings. The predicted octanol–water partition coefficient (Wildman–Crippen LogP) is 3.82. The molecule has 1 saturated heterocycles. The Morgan fingerprint density at radius 1 is 0.879 bits per heavy atom. The number of amides is 2. The maximum atomic E-state index is 14.0. The third-order valence-electron chi connectivity index (χ3n) is 7.42. The van der Waals surface area contributed by atoms with Gasteiger partial charge in [-0.15, -0.1) is 0 Å². The Morgan fingerprint density at radius 3 is 2.15 bits per heavy atom. The van der Waals surface area contributed by atoms with Crippen LogP contribution in [0.4, 0.5) is 11.4 Å². The number of para-hydroxylation sites is 2. The number of fused-ring (bicyclic) bond motifs is 5. The van der Waals surface area contributed by atoms with Crippen molar-refractivity contribution in [3.63, 3.8) is 0 Å². The minimum atomic E-state index is -1.44. The van der Waals surface area contributed by atoms with Crippen LogP contribution in [0.2, 0.25) is 5.02 Å². The molecule has 6 nitrogen and oxygen atoms in total. The minimum Gasteiger partial charge on any atom is -0.325 e. The van der Waals surface area contributed by atoms with E-state index in [1.54, 1.807) is 24.3 Å². The number of carbonyl (C=O) groups excluding carboxylic acids is 3. The maximum Gasteiger partial charge on any atom is 0.251 e. The SMILES string of the molecule is CN1C[C@H](C(=O)c2ccc(Cl)cc2)[C@@]2(C(=O)Nc3ccccc32)[C@@]12C(=O)Nc1ccccc12. The monoisotopic (exact) mass is 457 g/mol. The lowest BCUT2D eigenvalue weighted by Crippen LogP contribution is -2.61. The molecule has 0 bridgehead atoms. The number of nitrogens with zero attached hydrogens (tertiary/aromatic N) is 1. The van der Waals surface area contributed by atoms with Crippen molar-refractivity contribution in [1.82, 2.24) is 4.90 Å². The summed E-state index contributed by atoms with van der Waals surface area (Å²) < 4.78 is 0. The highest BCUT2D eigenvalue weighted by Crippen LogP contribution is 2.63. The van der Waals surface area contributed by atoms with Gasteiger partial charge >= 0.3 is 0 Å². The summed E-state index contributed by atoms with van der Waals surface area (Å²) in [7, 11) is 1.81. The van der Waals surface area contributed by atoms with Gasteiger partial charge in [0.05, 0.1) is 5.92 Å². The summed E-state index contributed by atoms with van der Waals surface area (Å²) in [4.78, 5) is 43.8. The van der Waals surface area contributed by atoms with E-state index in [4.69, 9.17) is 11.6 Å². The molecule has 0 saturated carbocycles. The molecule has 3 aliphatic rings. The van der Waals surface area contributed by atoms with E-state index in [9.17, 15) is 14.4 Å². The van der Waals surface area contributed by atoms with Crippen molar-refractivity contribution in [2.75, 3.05) is 24.2 Å². The van der Waals surface area contributed by atoms with E-state index >= 15 is 0 Å². The number of halogens is 1. The molecule has 0 unspecified atom stereocenters. The average Bonchev–Trinajstić information content (AvgIpc) is 3.39. The van der Waals surface area contributed by atoms with Crippen molar-refractivity contribution < 1.29 is 14.4 Å². The van der Waals surface area contributed by atoms with Crippen LogP contribution in [0.15, 0.2) is 72.8 Å². The van der Waals surface area contributed by atoms with E-state index in [1.807, 2.05) is 60.5 Å². The van der Waals surface area contributed by atoms with E-state index in [0.717, 1.165) is 0 Å². The Hall–Kier alpha value is -3.48. The fourth-order valence-electron chi connectivity index (χ4n) is 6.19. The number of likely N-dealkylation sites (tertiary alicyclic amines) is 1. The second-order valence-corrected chi connectivity index (χ2v) is 9.26. The number of nitrogens with one attached hydrogen (secondary N) is 2. The van der Waals surface area contributed by atoms with Crippen LogP contribution in [0.25, 0.3) is 0 Å². The van der Waals surface area contributed by atoms with Gasteiger partial charge < -0.3 is 10.6 Å². The van der Waals surface area contributed by atoms with Crippen molar-refractivity contribution in [2.24, 2.45) is 5.92 Å². The molecular weight excluding hydrogens is 438 g/mol. The highest BCUT2D eigenvalue weighted by atomic mass is 35.5. The molecule has 33 heavy (non-hydrogen) atoms. The quantitative estimate of drug-likeness (QED) is 0.573. The van der Waals surface area contributed by atoms with Crippen molar-refractivity contribution in [3.8, 4) is 0 Å². The Kier molecular flexibility index (Phi) is 4.13. The Labute approximate surface area is 195 Å². The standard InChI is InChI=1S/C26H20ClN3O3/c1-30-14-19(22(31)15-10-12-16(27)13-11-15)25(17-6-2-4-8-20(17)28-23(25)32)26(30)18-7-3-5-9-21(18)29-24(26)33/h2-13,19H,14H2,1H3,(H,28,32)(H,29,33)/t19-,25+,26-/m1/s1. The zero-order chi connectivity index (χ0) is 23.0. The summed E-state index contributed by atoms with van der Waals surface area (Å²) in [6.45, 7) is 0.241. The summed E-state index contributed by atoms with van der Waals surface area (Å²) in [5.74, 6) is -1.62. The van der Waals surface area contributed by atoms with E-state index in [1.165, 1.54) is 0 Å². The second kappa shape index (κ2) is 6.76. The van der Waals surface area contributed by atoms with Crippen molar-refractivity contribution in [2.45, 2.75) is 11.0 Å². The average molecular weight is 458 g/mol. The lowest BCUT2D eigenvalue weighted by atomic mass is 9.58. The molecule has 3 heterocycles. The van der Waals surface area contributed by atoms with E-state index in [0.29, 0.717) is 33.1 Å². The molecule has 2 spiro atoms. The molecule has 0 radical (unpaired) electrons. The van der Waals surface area contributed by atoms with E-state index in [2.05, 4.69) is 10.6 Å². The number of hydrogen-bond donors (Lipinski definition) is 2. The van der Waals surface area contributed by atoms with Crippen LogP contribution in [0.1, 0.15) is 21.5 Å². The zero-order valence-electron chi connectivity index (χ0n) is 17.8. The lowest BCUT2D eigenvalue weighted by Gasteiger charge is -2.42. The molecule has 7 heteroatoms. The maximum absolute atomic E-state index is 14.0. The van der Waals surface area contributed by atoms with Crippen LogP contribution >= 0.6 is 11.6 Å². The van der Waals surface area contributed by atoms with Gasteiger partial charge in [0.1, 0.15) is 11.0 Å². The Bertz CT molecular complexity index is 1350. The van der Waals surface area contributed by atoms with Crippen LogP contribution in [-0.4, -0.2) is 36.1 Å². The number of hydrogen-bond acceptors (Lipinski definition) is 4. The second-order valence-electron chi connectivity index (χ2n) is 8.82. The normalized spacial score (nSPS) is 27.5. The van der Waals surface area contributed by atoms with Gasteiger partial charge in [-0.05, 0) is 49.0 Å². The van der Waals surface area contributed by atoms with Gasteiger partial charge in [0.25, 0.3) is 5.91 Å². The van der Waals surface area contributed by atoms with Gasteiger partial charge in [0.2, 0.25) is 5.91 Å². The van der Waals surface area contributed by atoms with Gasteiger partial charge in [0.15, 0.2) is 5.78 Å². The highest BCUT2D eigenvalue weighted by Gasteiger charge is 2.77. The molecule has 3 aromatic rings. The molecule has 2 N–H and O–H groups in total. The summed E-state index contributed by atoms with van der Waals surface area (Å²) in [6, 6.07) is 21.4. The van der Waals surface area contributed by atoms with Gasteiger partial charge in [0, 0.05) is 34.1 Å². The van der Waals surface area contributed by atoms with Crippen molar-refractivity contribution in [3.05, 3.63) is 94.5 Å². The number of benzene rings is 3. The smallest absolute Gasteiger partial charge is 0.251 e. The van der Waals surface area contributed by atoms with Gasteiger partial charge in [-0.1, -0.05) is 48.0 Å². The summed E-state index contributed by atoms with van der Waals surface area (Å²) >= 11 is 6.05. The fraction of sp³-hybridized carbons (Fsp3) is 0.192. The molecular formula is C26H20ClN3O3. The van der Waals surface area contributed by atoms with Crippen LogP contribution in [0.5, 0.6) is 0 Å². The van der Waals surface area contributed by atoms with Gasteiger partial charge in [-0.2, -0.15) is 0 Å². The zero-order valence-corrected chi connectivity index (χ0v) is 18.5. The molecule has 3 aliphatic heterocycles. The van der Waals surface area contributed by atoms with E-state index < -0.39 is 16.9 Å². The molecule has 3 aromatic carbocycles. The Morgan fingerprint density at radius 2 is 1.45 bits per heavy atom. The summed E-state index contributed by atoms with van der Waals surface area (Å²) in [5, 5.41) is 6.48. The summed E-state index contributed by atoms with van der Waals surface area (Å²) in [5.41, 5.74) is 0.305. The Balaban J connectivity index is 1.68. The third-order valence-corrected chi connectivity index (χ3v) is 7.67. The van der Waals surface area contributed by atoms with E-state index in [-0.39, 0.29) is 24.1 Å². The number of anilines is 2. The first kappa shape index (κ1) is 20.1. The van der Waals surface area contributed by atoms with Crippen LogP contribution in [0, 0.1) is 5.92 Å². The first-order valence-corrected chi connectivity index (χ1v) is 11.1. The molecule has 164 valence electrons. The van der Waals surface area contributed by atoms with Crippen molar-refractivity contribution in [1.29, 1.82) is 0 Å². The highest BCUT2D eigenvalue weighted by molar-refractivity contribution is 6.30. The molecule has 0 aliphatic carbocycles. The van der Waals surface area contributed by atoms with Gasteiger partial charge in [-0.25, -0.2) is 0 Å². The first-order valence-electron chi connectivity index (χ1n) is 10.8. The molecule has 6 rings (SSSR count). The predicted molar refractivity (Wildman–Crippen MR) is 125 cm³/mol. The van der Waals surface area contributed by atoms with Crippen molar-refractivity contribution >= 4 is 40.6 Å². The number of Topliss-reactive ketones (excluding diaryl/α,β-unsaturated/α-hetero) is 1. The molecule has 0 aromatic heterocycles. The largest absolute Gasteiger partial charge is 0.325 e. The van der Waals surface area contributed by atoms with Crippen LogP contribution < -0.4 is 10.6 Å². The molecule has 3 atom stereocenters. The number of ketones is 1. The first-order chi connectivity index (χ1) is 15.9. The molecule has 2 amide bonds. The summed E-state index contributed by atoms with van der Waals surface area (Å²) in [6.07, 6.45) is 0.